The van der Waals surface area contributed by atoms with Gasteiger partial charge in [0, 0.05) is 28.8 Å². The van der Waals surface area contributed by atoms with Gasteiger partial charge in [0.25, 0.3) is 0 Å². The average molecular weight is 487 g/mol. The molecule has 0 atom stereocenters. The summed E-state index contributed by atoms with van der Waals surface area (Å²) in [4.78, 5) is 17.1. The highest BCUT2D eigenvalue weighted by Crippen LogP contribution is 2.37. The first-order chi connectivity index (χ1) is 16.1. The van der Waals surface area contributed by atoms with E-state index in [9.17, 15) is 0 Å². The first-order valence-corrected chi connectivity index (χ1v) is 12.9. The summed E-state index contributed by atoms with van der Waals surface area (Å²) in [6.07, 6.45) is 3.30. The van der Waals surface area contributed by atoms with E-state index in [4.69, 9.17) is 25.9 Å². The molecule has 176 valence electrons. The molecule has 3 heterocycles. The van der Waals surface area contributed by atoms with Crippen LogP contribution in [-0.4, -0.2) is 53.2 Å². The summed E-state index contributed by atoms with van der Waals surface area (Å²) < 4.78 is 11.6. The van der Waals surface area contributed by atoms with Crippen LogP contribution in [0.15, 0.2) is 29.4 Å². The number of aromatic nitrogens is 3. The molecule has 10 heteroatoms. The third-order valence-electron chi connectivity index (χ3n) is 5.36. The first kappa shape index (κ1) is 23.6. The van der Waals surface area contributed by atoms with Crippen LogP contribution >= 0.6 is 23.1 Å². The number of thiazole rings is 1. The van der Waals surface area contributed by atoms with Gasteiger partial charge in [0.2, 0.25) is 0 Å². The molecule has 1 fully saturated rings. The number of nitrogens with zero attached hydrogens (tertiary/aromatic N) is 4. The second-order valence-corrected chi connectivity index (χ2v) is 9.86. The summed E-state index contributed by atoms with van der Waals surface area (Å²) in [6, 6.07) is 7.57. The number of anilines is 2. The third-order valence-corrected chi connectivity index (χ3v) is 7.43. The van der Waals surface area contributed by atoms with Crippen molar-refractivity contribution in [2.24, 2.45) is 0 Å². The van der Waals surface area contributed by atoms with Crippen LogP contribution in [-0.2, 0) is 12.2 Å². The van der Waals surface area contributed by atoms with E-state index >= 15 is 0 Å². The largest absolute Gasteiger partial charge is 0.493 e. The van der Waals surface area contributed by atoms with Crippen LogP contribution < -0.4 is 20.9 Å². The molecule has 4 rings (SSSR count). The highest BCUT2D eigenvalue weighted by Gasteiger charge is 2.17. The minimum absolute atomic E-state index is 0.373. The number of hydrogen-bond acceptors (Lipinski definition) is 10. The molecule has 0 saturated carbocycles. The van der Waals surface area contributed by atoms with Crippen LogP contribution in [0.1, 0.15) is 30.3 Å². The predicted octanol–water partition coefficient (Wildman–Crippen LogP) is 4.10. The van der Waals surface area contributed by atoms with Crippen molar-refractivity contribution in [2.75, 3.05) is 44.8 Å². The number of hydrogen-bond donors (Lipinski definition) is 2. The monoisotopic (exact) mass is 486 g/mol. The van der Waals surface area contributed by atoms with E-state index in [-0.39, 0.29) is 0 Å². The number of aryl methyl sites for hydroxylation is 1. The zero-order valence-electron chi connectivity index (χ0n) is 19.0. The van der Waals surface area contributed by atoms with E-state index in [1.165, 1.54) is 23.1 Å². The Bertz CT molecular complexity index is 1070. The van der Waals surface area contributed by atoms with Crippen molar-refractivity contribution in [1.82, 2.24) is 19.9 Å². The smallest absolute Gasteiger partial charge is 0.191 e. The Morgan fingerprint density at radius 1 is 1.09 bits per heavy atom. The number of rotatable bonds is 11. The molecule has 0 aliphatic carbocycles. The van der Waals surface area contributed by atoms with E-state index in [0.29, 0.717) is 29.2 Å². The molecule has 33 heavy (non-hydrogen) atoms. The molecule has 3 aromatic rings. The topological polar surface area (TPSA) is 112 Å². The van der Waals surface area contributed by atoms with Gasteiger partial charge >= 0.3 is 0 Å². The Hall–Kier alpha value is -2.56. The van der Waals surface area contributed by atoms with Gasteiger partial charge in [0.1, 0.15) is 23.3 Å². The zero-order chi connectivity index (χ0) is 23.2. The van der Waals surface area contributed by atoms with Gasteiger partial charge in [-0.25, -0.2) is 15.0 Å². The lowest BCUT2D eigenvalue weighted by Crippen LogP contribution is -2.39. The molecule has 1 aliphatic heterocycles. The molecule has 4 N–H and O–H groups in total. The highest BCUT2D eigenvalue weighted by atomic mass is 32.2. The van der Waals surface area contributed by atoms with Crippen LogP contribution in [0, 0.1) is 0 Å². The van der Waals surface area contributed by atoms with Gasteiger partial charge in [0.15, 0.2) is 16.7 Å². The predicted molar refractivity (Wildman–Crippen MR) is 135 cm³/mol. The summed E-state index contributed by atoms with van der Waals surface area (Å²) in [7, 11) is 1.67. The van der Waals surface area contributed by atoms with Gasteiger partial charge in [-0.3, -0.25) is 4.90 Å². The number of nitrogen functional groups attached to an aromatic ring is 2. The molecule has 1 aliphatic rings. The maximum atomic E-state index is 6.07. The molecule has 2 aromatic heterocycles. The fourth-order valence-corrected chi connectivity index (χ4v) is 5.63. The first-order valence-electron chi connectivity index (χ1n) is 11.1. The molecule has 8 nitrogen and oxygen atoms in total. The fourth-order valence-electron chi connectivity index (χ4n) is 3.51. The van der Waals surface area contributed by atoms with Crippen LogP contribution in [0.2, 0.25) is 0 Å². The minimum Gasteiger partial charge on any atom is -0.493 e. The summed E-state index contributed by atoms with van der Waals surface area (Å²) in [5.41, 5.74) is 13.7. The second kappa shape index (κ2) is 11.0. The second-order valence-electron chi connectivity index (χ2n) is 7.84. The van der Waals surface area contributed by atoms with Crippen LogP contribution in [0.5, 0.6) is 11.5 Å². The summed E-state index contributed by atoms with van der Waals surface area (Å²) in [5.74, 6) is 2.89. The number of benzene rings is 1. The van der Waals surface area contributed by atoms with Crippen molar-refractivity contribution in [3.8, 4) is 22.1 Å². The Balaban J connectivity index is 1.51. The van der Waals surface area contributed by atoms with Crippen molar-refractivity contribution in [2.45, 2.75) is 37.1 Å². The number of nitrogens with two attached hydrogens (primary N) is 2. The molecule has 0 amide bonds. The molecule has 0 radical (unpaired) electrons. The van der Waals surface area contributed by atoms with E-state index in [1.807, 2.05) is 18.2 Å². The standard InChI is InChI=1S/C23H30N6O2S2/c1-3-5-19-16(14-32-23-27-20(24)13-21(25)28-23)26-22(33-19)15-6-7-17(30-2)18(12-15)31-11-10-29-8-4-9-29/h6-7,12-13H,3-5,8-11,14H2,1-2H3,(H4,24,25,27,28). The van der Waals surface area contributed by atoms with E-state index in [0.717, 1.165) is 60.2 Å². The average Bonchev–Trinajstić information content (AvgIpc) is 3.16. The molecule has 0 unspecified atom stereocenters. The lowest BCUT2D eigenvalue weighted by molar-refractivity contribution is 0.145. The third kappa shape index (κ3) is 6.07. The van der Waals surface area contributed by atoms with E-state index < -0.39 is 0 Å². The maximum absolute atomic E-state index is 6.07. The fraction of sp³-hybridized carbons (Fsp3) is 0.435. The Kier molecular flexibility index (Phi) is 7.89. The van der Waals surface area contributed by atoms with E-state index in [2.05, 4.69) is 21.8 Å². The summed E-state index contributed by atoms with van der Waals surface area (Å²) in [6.45, 7) is 6.07. The maximum Gasteiger partial charge on any atom is 0.191 e. The Morgan fingerprint density at radius 3 is 2.55 bits per heavy atom. The molecular formula is C23H30N6O2S2. The number of methoxy groups -OCH3 is 1. The number of likely N-dealkylation sites (tertiary alicyclic amines) is 1. The van der Waals surface area contributed by atoms with Crippen molar-refractivity contribution >= 4 is 34.7 Å². The van der Waals surface area contributed by atoms with Crippen molar-refractivity contribution in [3.63, 3.8) is 0 Å². The summed E-state index contributed by atoms with van der Waals surface area (Å²) >= 11 is 3.22. The Morgan fingerprint density at radius 2 is 1.88 bits per heavy atom. The van der Waals surface area contributed by atoms with Crippen LogP contribution in [0.25, 0.3) is 10.6 Å². The van der Waals surface area contributed by atoms with Gasteiger partial charge in [-0.2, -0.15) is 0 Å². The molecule has 0 bridgehead atoms. The SMILES string of the molecule is CCCc1sc(-c2ccc(OC)c(OCCN3CCC3)c2)nc1CSc1nc(N)cc(N)n1. The van der Waals surface area contributed by atoms with Gasteiger partial charge in [-0.05, 0) is 44.1 Å². The lowest BCUT2D eigenvalue weighted by atomic mass is 10.2. The number of ether oxygens (including phenoxy) is 2. The van der Waals surface area contributed by atoms with Crippen LogP contribution in [0.3, 0.4) is 0 Å². The van der Waals surface area contributed by atoms with Gasteiger partial charge in [0.05, 0.1) is 12.8 Å². The molecular weight excluding hydrogens is 456 g/mol. The highest BCUT2D eigenvalue weighted by molar-refractivity contribution is 7.98. The lowest BCUT2D eigenvalue weighted by Gasteiger charge is -2.30. The normalized spacial score (nSPS) is 13.6. The van der Waals surface area contributed by atoms with Crippen molar-refractivity contribution < 1.29 is 9.47 Å². The molecule has 1 aromatic carbocycles. The summed E-state index contributed by atoms with van der Waals surface area (Å²) in [5, 5.41) is 1.53. The van der Waals surface area contributed by atoms with Gasteiger partial charge in [-0.1, -0.05) is 25.1 Å². The van der Waals surface area contributed by atoms with Crippen LogP contribution in [0.4, 0.5) is 11.6 Å². The van der Waals surface area contributed by atoms with Crippen molar-refractivity contribution in [3.05, 3.63) is 34.8 Å². The van der Waals surface area contributed by atoms with E-state index in [1.54, 1.807) is 24.5 Å². The van der Waals surface area contributed by atoms with Gasteiger partial charge < -0.3 is 20.9 Å². The van der Waals surface area contributed by atoms with Gasteiger partial charge in [-0.15, -0.1) is 11.3 Å². The minimum atomic E-state index is 0.373. The Labute approximate surface area is 202 Å². The molecule has 1 saturated heterocycles. The number of thioether (sulfide) groups is 1. The quantitative estimate of drug-likeness (QED) is 0.305. The molecule has 0 spiro atoms. The zero-order valence-corrected chi connectivity index (χ0v) is 20.7. The van der Waals surface area contributed by atoms with Crippen molar-refractivity contribution in [1.29, 1.82) is 0 Å².